The molecule has 3 aliphatic heterocycles. The van der Waals surface area contributed by atoms with Gasteiger partial charge in [-0.25, -0.2) is 4.79 Å². The molecule has 0 spiro atoms. The molecule has 2 atom stereocenters. The normalized spacial score (nSPS) is 18.6. The van der Waals surface area contributed by atoms with E-state index >= 15 is 0 Å². The average molecular weight is 679 g/mol. The Kier molecular flexibility index (Phi) is 10.5. The Balaban J connectivity index is 1.13. The molecule has 0 unspecified atom stereocenters. The van der Waals surface area contributed by atoms with Gasteiger partial charge in [0.05, 0.1) is 18.8 Å². The second-order valence-corrected chi connectivity index (χ2v) is 13.8. The van der Waals surface area contributed by atoms with E-state index in [0.717, 1.165) is 67.3 Å². The van der Waals surface area contributed by atoms with Gasteiger partial charge in [-0.15, -0.1) is 0 Å². The summed E-state index contributed by atoms with van der Waals surface area (Å²) in [6, 6.07) is 23.5. The molecule has 0 radical (unpaired) electrons. The largest absolute Gasteiger partial charge is 0.493 e. The Morgan fingerprint density at radius 3 is 2.52 bits per heavy atom. The molecule has 0 aliphatic carbocycles. The summed E-state index contributed by atoms with van der Waals surface area (Å²) in [5.74, 6) is 1.83. The number of hydrogen-bond donors (Lipinski definition) is 0. The highest BCUT2D eigenvalue weighted by molar-refractivity contribution is 5.95. The number of benzene rings is 3. The minimum Gasteiger partial charge on any atom is -0.493 e. The molecule has 1 amide bonds. The van der Waals surface area contributed by atoms with Gasteiger partial charge >= 0.3 is 12.1 Å². The van der Waals surface area contributed by atoms with Crippen LogP contribution in [0.25, 0.3) is 10.8 Å². The van der Waals surface area contributed by atoms with Crippen molar-refractivity contribution in [3.05, 3.63) is 83.6 Å². The first kappa shape index (κ1) is 33.9. The number of unbranched alkanes of at least 4 members (excludes halogenated alkanes) is 1. The number of anilines is 2. The highest BCUT2D eigenvalue weighted by Crippen LogP contribution is 2.37. The van der Waals surface area contributed by atoms with Crippen LogP contribution in [0.3, 0.4) is 0 Å². The summed E-state index contributed by atoms with van der Waals surface area (Å²) in [5.41, 5.74) is 4.30. The van der Waals surface area contributed by atoms with Crippen LogP contribution in [0.4, 0.5) is 16.3 Å². The Hall–Kier alpha value is -4.57. The standard InChI is InChI=1S/C40H50N6O4/c1-4-5-24-48-32-25-31-14-9-10-15-33(31)37(26-32)46-19-17-34-35(27-46)41-39(50-29(2)36-16-11-18-43(36)3)42-38(34)44-20-22-45(23-21-44)40(47)49-28-30-12-7-6-8-13-30/h6-10,12-15,25-26,29,36H,4-5,11,16-24,27-28H2,1-3H3/t29-,36-/m1/s1. The van der Waals surface area contributed by atoms with Gasteiger partial charge in [0.1, 0.15) is 24.3 Å². The van der Waals surface area contributed by atoms with Crippen molar-refractivity contribution in [2.75, 3.05) is 62.7 Å². The molecule has 0 N–H and O–H groups in total. The van der Waals surface area contributed by atoms with E-state index in [1.54, 1.807) is 4.90 Å². The topological polar surface area (TPSA) is 83.5 Å². The van der Waals surface area contributed by atoms with E-state index in [1.807, 2.05) is 30.3 Å². The lowest BCUT2D eigenvalue weighted by atomic mass is 10.0. The number of likely N-dealkylation sites (tertiary alicyclic amines) is 1. The van der Waals surface area contributed by atoms with Crippen LogP contribution in [0.15, 0.2) is 66.7 Å². The van der Waals surface area contributed by atoms with Crippen LogP contribution in [-0.2, 0) is 24.3 Å². The first-order valence-corrected chi connectivity index (χ1v) is 18.3. The van der Waals surface area contributed by atoms with Crippen LogP contribution in [0.2, 0.25) is 0 Å². The maximum atomic E-state index is 13.0. The fourth-order valence-electron chi connectivity index (χ4n) is 7.54. The molecule has 4 heterocycles. The zero-order valence-electron chi connectivity index (χ0n) is 29.7. The molecule has 10 heteroatoms. The molecule has 3 aromatic carbocycles. The number of piperazine rings is 1. The van der Waals surface area contributed by atoms with Gasteiger partial charge in [0, 0.05) is 61.5 Å². The maximum Gasteiger partial charge on any atom is 0.410 e. The van der Waals surface area contributed by atoms with Crippen LogP contribution < -0.4 is 19.3 Å². The molecule has 2 fully saturated rings. The molecular formula is C40H50N6O4. The number of aromatic nitrogens is 2. The third-order valence-electron chi connectivity index (χ3n) is 10.4. The van der Waals surface area contributed by atoms with Gasteiger partial charge in [-0.2, -0.15) is 9.97 Å². The fraction of sp³-hybridized carbons (Fsp3) is 0.475. The van der Waals surface area contributed by atoms with E-state index in [-0.39, 0.29) is 18.8 Å². The van der Waals surface area contributed by atoms with Gasteiger partial charge in [0.25, 0.3) is 0 Å². The summed E-state index contributed by atoms with van der Waals surface area (Å²) in [6.07, 6.45) is 4.90. The number of hydrogen-bond acceptors (Lipinski definition) is 9. The van der Waals surface area contributed by atoms with E-state index < -0.39 is 0 Å². The number of carbonyl (C=O) groups is 1. The van der Waals surface area contributed by atoms with Gasteiger partial charge in [0.2, 0.25) is 0 Å². The third-order valence-corrected chi connectivity index (χ3v) is 10.4. The monoisotopic (exact) mass is 678 g/mol. The van der Waals surface area contributed by atoms with Crippen molar-refractivity contribution in [2.24, 2.45) is 0 Å². The summed E-state index contributed by atoms with van der Waals surface area (Å²) in [5, 5.41) is 2.38. The first-order valence-electron chi connectivity index (χ1n) is 18.3. The summed E-state index contributed by atoms with van der Waals surface area (Å²) >= 11 is 0. The molecule has 264 valence electrons. The van der Waals surface area contributed by atoms with Crippen LogP contribution in [0, 0.1) is 0 Å². The van der Waals surface area contributed by atoms with Crippen molar-refractivity contribution >= 4 is 28.4 Å². The van der Waals surface area contributed by atoms with Crippen LogP contribution in [0.5, 0.6) is 11.8 Å². The lowest BCUT2D eigenvalue weighted by Gasteiger charge is -2.38. The first-order chi connectivity index (χ1) is 24.5. The minimum absolute atomic E-state index is 0.0368. The van der Waals surface area contributed by atoms with Gasteiger partial charge in [-0.1, -0.05) is 67.9 Å². The van der Waals surface area contributed by atoms with Crippen molar-refractivity contribution in [3.63, 3.8) is 0 Å². The average Bonchev–Trinajstić information content (AvgIpc) is 3.59. The predicted molar refractivity (Wildman–Crippen MR) is 197 cm³/mol. The molecule has 0 bridgehead atoms. The maximum absolute atomic E-state index is 13.0. The number of amides is 1. The fourth-order valence-corrected chi connectivity index (χ4v) is 7.54. The smallest absolute Gasteiger partial charge is 0.410 e. The second kappa shape index (κ2) is 15.5. The van der Waals surface area contributed by atoms with E-state index in [9.17, 15) is 4.79 Å². The predicted octanol–water partition coefficient (Wildman–Crippen LogP) is 6.69. The van der Waals surface area contributed by atoms with Crippen LogP contribution in [-0.4, -0.2) is 90.9 Å². The van der Waals surface area contributed by atoms with Gasteiger partial charge in [-0.3, -0.25) is 4.90 Å². The lowest BCUT2D eigenvalue weighted by molar-refractivity contribution is 0.0939. The zero-order chi connectivity index (χ0) is 34.5. The Morgan fingerprint density at radius 2 is 1.74 bits per heavy atom. The molecule has 2 saturated heterocycles. The van der Waals surface area contributed by atoms with Crippen molar-refractivity contribution < 1.29 is 19.0 Å². The van der Waals surface area contributed by atoms with Crippen molar-refractivity contribution in [2.45, 2.75) is 71.2 Å². The second-order valence-electron chi connectivity index (χ2n) is 13.8. The molecule has 10 nitrogen and oxygen atoms in total. The molecule has 3 aliphatic rings. The molecular weight excluding hydrogens is 628 g/mol. The molecule has 0 saturated carbocycles. The number of rotatable bonds is 11. The van der Waals surface area contributed by atoms with E-state index in [2.05, 4.69) is 72.0 Å². The van der Waals surface area contributed by atoms with Crippen molar-refractivity contribution in [1.29, 1.82) is 0 Å². The number of nitrogens with zero attached hydrogens (tertiary/aromatic N) is 6. The van der Waals surface area contributed by atoms with E-state index in [4.69, 9.17) is 24.2 Å². The SMILES string of the molecule is CCCCOc1cc(N2CCc3c(nc(O[C@H](C)[C@H]4CCCN4C)nc3N3CCN(C(=O)OCc4ccccc4)CC3)C2)c2ccccc2c1. The summed E-state index contributed by atoms with van der Waals surface area (Å²) in [4.78, 5) is 32.1. The molecule has 50 heavy (non-hydrogen) atoms. The van der Waals surface area contributed by atoms with Crippen molar-refractivity contribution in [3.8, 4) is 11.8 Å². The lowest BCUT2D eigenvalue weighted by Crippen LogP contribution is -2.49. The molecule has 1 aromatic heterocycles. The Morgan fingerprint density at radius 1 is 0.940 bits per heavy atom. The summed E-state index contributed by atoms with van der Waals surface area (Å²) in [6.45, 7) is 10.3. The Labute approximate surface area is 295 Å². The number of ether oxygens (including phenoxy) is 3. The highest BCUT2D eigenvalue weighted by atomic mass is 16.6. The van der Waals surface area contributed by atoms with Crippen LogP contribution >= 0.6 is 0 Å². The number of carbonyl (C=O) groups excluding carboxylic acids is 1. The highest BCUT2D eigenvalue weighted by Gasteiger charge is 2.32. The van der Waals surface area contributed by atoms with E-state index in [1.165, 1.54) is 22.8 Å². The summed E-state index contributed by atoms with van der Waals surface area (Å²) < 4.78 is 18.4. The quantitative estimate of drug-likeness (QED) is 0.161. The zero-order valence-corrected chi connectivity index (χ0v) is 29.7. The Bertz CT molecular complexity index is 1760. The van der Waals surface area contributed by atoms with Gasteiger partial charge in [-0.05, 0) is 63.2 Å². The number of fused-ring (bicyclic) bond motifs is 2. The minimum atomic E-state index is -0.277. The van der Waals surface area contributed by atoms with Crippen molar-refractivity contribution in [1.82, 2.24) is 19.8 Å². The summed E-state index contributed by atoms with van der Waals surface area (Å²) in [7, 11) is 2.17. The van der Waals surface area contributed by atoms with Gasteiger partial charge < -0.3 is 28.9 Å². The van der Waals surface area contributed by atoms with Gasteiger partial charge in [0.15, 0.2) is 0 Å². The van der Waals surface area contributed by atoms with Crippen LogP contribution in [0.1, 0.15) is 56.4 Å². The third kappa shape index (κ3) is 7.60. The molecule has 7 rings (SSSR count). The van der Waals surface area contributed by atoms with E-state index in [0.29, 0.717) is 51.4 Å². The number of likely N-dealkylation sites (N-methyl/N-ethyl adjacent to an activating group) is 1. The molecule has 4 aromatic rings.